The summed E-state index contributed by atoms with van der Waals surface area (Å²) in [6.45, 7) is 1.49. The Kier molecular flexibility index (Phi) is 3.12. The van der Waals surface area contributed by atoms with Gasteiger partial charge in [0.1, 0.15) is 0 Å². The average molecular weight is 129 g/mol. The fourth-order valence-corrected chi connectivity index (χ4v) is 0.320. The van der Waals surface area contributed by atoms with E-state index in [1.807, 2.05) is 0 Å². The van der Waals surface area contributed by atoms with Crippen LogP contribution in [0, 0.1) is 0 Å². The van der Waals surface area contributed by atoms with Gasteiger partial charge in [-0.15, -0.1) is 0 Å². The predicted molar refractivity (Wildman–Crippen MR) is 30.6 cm³/mol. The van der Waals surface area contributed by atoms with Crippen LogP contribution in [0.1, 0.15) is 6.92 Å². The van der Waals surface area contributed by atoms with Crippen molar-refractivity contribution in [2.45, 2.75) is 6.92 Å². The smallest absolute Gasteiger partial charge is 0.330 e. The first-order valence-electron chi connectivity index (χ1n) is 2.28. The number of carbonyl (C=O) groups excluding carboxylic acids is 1. The zero-order chi connectivity index (χ0) is 7.28. The number of hydrogen-bond acceptors (Lipinski definition) is 2. The normalized spacial score (nSPS) is 10.6. The van der Waals surface area contributed by atoms with Gasteiger partial charge in [-0.3, -0.25) is 4.79 Å². The van der Waals surface area contributed by atoms with Crippen molar-refractivity contribution < 1.29 is 14.7 Å². The molecule has 0 saturated carbocycles. The molecule has 0 spiro atoms. The van der Waals surface area contributed by atoms with Gasteiger partial charge in [0.25, 0.3) is 0 Å². The summed E-state index contributed by atoms with van der Waals surface area (Å²) < 4.78 is 0. The predicted octanol–water partition coefficient (Wildman–Crippen LogP) is -0.279. The average Bonchev–Trinajstić information content (AvgIpc) is 1.63. The number of carbonyl (C=O) groups is 2. The van der Waals surface area contributed by atoms with Crippen molar-refractivity contribution in [1.29, 1.82) is 0 Å². The molecule has 0 aromatic carbocycles. The lowest BCUT2D eigenvalue weighted by atomic mass is 10.4. The molecule has 0 aliphatic rings. The van der Waals surface area contributed by atoms with Crippen LogP contribution >= 0.6 is 0 Å². The molecule has 9 heavy (non-hydrogen) atoms. The molecule has 1 amide bonds. The van der Waals surface area contributed by atoms with E-state index in [2.05, 4.69) is 5.32 Å². The Labute approximate surface area is 52.2 Å². The zero-order valence-corrected chi connectivity index (χ0v) is 4.92. The van der Waals surface area contributed by atoms with E-state index in [4.69, 9.17) is 5.11 Å². The van der Waals surface area contributed by atoms with Crippen molar-refractivity contribution in [1.82, 2.24) is 5.32 Å². The van der Waals surface area contributed by atoms with Crippen molar-refractivity contribution in [3.8, 4) is 0 Å². The summed E-state index contributed by atoms with van der Waals surface area (Å²) >= 11 is 0. The molecule has 0 atom stereocenters. The Morgan fingerprint density at radius 2 is 2.22 bits per heavy atom. The van der Waals surface area contributed by atoms with Crippen LogP contribution in [0.2, 0.25) is 0 Å². The number of amides is 1. The third-order valence-electron chi connectivity index (χ3n) is 0.627. The van der Waals surface area contributed by atoms with E-state index < -0.39 is 5.97 Å². The van der Waals surface area contributed by atoms with Crippen LogP contribution in [-0.2, 0) is 9.59 Å². The first-order chi connectivity index (χ1) is 4.16. The molecule has 4 nitrogen and oxygen atoms in total. The maximum Gasteiger partial charge on any atom is 0.330 e. The molecule has 0 aliphatic carbocycles. The Bertz CT molecular complexity index is 150. The van der Waals surface area contributed by atoms with Crippen LogP contribution in [0.15, 0.2) is 11.8 Å². The molecule has 0 saturated heterocycles. The summed E-state index contributed by atoms with van der Waals surface area (Å²) in [4.78, 5) is 19.5. The van der Waals surface area contributed by atoms with E-state index in [0.29, 0.717) is 12.1 Å². The summed E-state index contributed by atoms with van der Waals surface area (Å²) in [7, 11) is 0. The number of carboxylic acid groups (broad SMARTS) is 1. The maximum atomic E-state index is 9.85. The van der Waals surface area contributed by atoms with Gasteiger partial charge in [-0.05, 0) is 6.92 Å². The summed E-state index contributed by atoms with van der Waals surface area (Å²) in [6.07, 6.45) is 1.34. The molecule has 0 bridgehead atoms. The summed E-state index contributed by atoms with van der Waals surface area (Å²) in [5.74, 6) is -1.07. The highest BCUT2D eigenvalue weighted by Crippen LogP contribution is 1.81. The van der Waals surface area contributed by atoms with Crippen LogP contribution in [0.3, 0.4) is 0 Å². The first-order valence-corrected chi connectivity index (χ1v) is 2.28. The van der Waals surface area contributed by atoms with E-state index >= 15 is 0 Å². The third-order valence-corrected chi connectivity index (χ3v) is 0.627. The fourth-order valence-electron chi connectivity index (χ4n) is 0.320. The Morgan fingerprint density at radius 3 is 2.56 bits per heavy atom. The molecule has 50 valence electrons. The van der Waals surface area contributed by atoms with Crippen LogP contribution < -0.4 is 5.32 Å². The second kappa shape index (κ2) is 3.65. The second-order valence-corrected chi connectivity index (χ2v) is 1.43. The molecular formula is C5H7NO3. The molecule has 0 aliphatic heterocycles. The van der Waals surface area contributed by atoms with Crippen molar-refractivity contribution in [3.05, 3.63) is 11.8 Å². The lowest BCUT2D eigenvalue weighted by Gasteiger charge is -1.91. The molecule has 4 heteroatoms. The van der Waals surface area contributed by atoms with E-state index in [1.165, 1.54) is 6.92 Å². The summed E-state index contributed by atoms with van der Waals surface area (Å²) in [6, 6.07) is 0. The van der Waals surface area contributed by atoms with Crippen LogP contribution in [0.4, 0.5) is 0 Å². The molecule has 0 heterocycles. The minimum Gasteiger partial charge on any atom is -0.478 e. The van der Waals surface area contributed by atoms with E-state index in [-0.39, 0.29) is 0 Å². The standard InChI is InChI=1S/C5H7NO3/c1-4(6-3-7)2-5(8)9/h2-3H,1H3,(H,6,7)(H,8,9)/b4-2-. The Hall–Kier alpha value is -1.32. The Morgan fingerprint density at radius 1 is 1.67 bits per heavy atom. The van der Waals surface area contributed by atoms with Crippen LogP contribution in [-0.4, -0.2) is 17.5 Å². The van der Waals surface area contributed by atoms with Gasteiger partial charge in [0, 0.05) is 11.8 Å². The second-order valence-electron chi connectivity index (χ2n) is 1.43. The molecule has 0 rings (SSSR count). The number of aliphatic carboxylic acids is 1. The minimum absolute atomic E-state index is 0.317. The van der Waals surface area contributed by atoms with Crippen molar-refractivity contribution >= 4 is 12.4 Å². The Balaban J connectivity index is 3.83. The lowest BCUT2D eigenvalue weighted by molar-refractivity contribution is -0.131. The van der Waals surface area contributed by atoms with Gasteiger partial charge in [-0.1, -0.05) is 0 Å². The highest BCUT2D eigenvalue weighted by molar-refractivity contribution is 5.80. The lowest BCUT2D eigenvalue weighted by Crippen LogP contribution is -2.08. The molecular weight excluding hydrogens is 122 g/mol. The SMILES string of the molecule is C/C(=C/C(=O)O)NC=O. The van der Waals surface area contributed by atoms with Gasteiger partial charge in [0.05, 0.1) is 0 Å². The molecule has 0 radical (unpaired) electrons. The summed E-state index contributed by atoms with van der Waals surface area (Å²) in [5.41, 5.74) is 0.317. The number of nitrogens with one attached hydrogen (secondary N) is 1. The van der Waals surface area contributed by atoms with Crippen LogP contribution in [0.5, 0.6) is 0 Å². The molecule has 0 fully saturated rings. The molecule has 2 N–H and O–H groups in total. The van der Waals surface area contributed by atoms with Gasteiger partial charge >= 0.3 is 5.97 Å². The molecule has 0 aromatic heterocycles. The van der Waals surface area contributed by atoms with Crippen molar-refractivity contribution in [3.63, 3.8) is 0 Å². The van der Waals surface area contributed by atoms with Gasteiger partial charge in [0.15, 0.2) is 0 Å². The topological polar surface area (TPSA) is 66.4 Å². The van der Waals surface area contributed by atoms with Gasteiger partial charge in [0.2, 0.25) is 6.41 Å². The first kappa shape index (κ1) is 7.68. The molecule has 0 aromatic rings. The van der Waals surface area contributed by atoms with E-state index in [0.717, 1.165) is 6.08 Å². The van der Waals surface area contributed by atoms with E-state index in [9.17, 15) is 9.59 Å². The number of rotatable bonds is 3. The van der Waals surface area contributed by atoms with Crippen molar-refractivity contribution in [2.24, 2.45) is 0 Å². The minimum atomic E-state index is -1.07. The third kappa shape index (κ3) is 4.53. The van der Waals surface area contributed by atoms with E-state index in [1.54, 1.807) is 0 Å². The largest absolute Gasteiger partial charge is 0.478 e. The number of hydrogen-bond donors (Lipinski definition) is 2. The molecule has 0 unspecified atom stereocenters. The van der Waals surface area contributed by atoms with Gasteiger partial charge in [-0.2, -0.15) is 0 Å². The quantitative estimate of drug-likeness (QED) is 0.407. The zero-order valence-electron chi connectivity index (χ0n) is 4.92. The highest BCUT2D eigenvalue weighted by atomic mass is 16.4. The highest BCUT2D eigenvalue weighted by Gasteiger charge is 1.89. The van der Waals surface area contributed by atoms with Gasteiger partial charge < -0.3 is 10.4 Å². The maximum absolute atomic E-state index is 9.85. The number of carboxylic acids is 1. The van der Waals surface area contributed by atoms with Gasteiger partial charge in [-0.25, -0.2) is 4.79 Å². The monoisotopic (exact) mass is 129 g/mol. The summed E-state index contributed by atoms with van der Waals surface area (Å²) in [5, 5.41) is 10.3. The number of allylic oxidation sites excluding steroid dienone is 1. The van der Waals surface area contributed by atoms with Crippen molar-refractivity contribution in [2.75, 3.05) is 0 Å². The fraction of sp³-hybridized carbons (Fsp3) is 0.200. The van der Waals surface area contributed by atoms with Crippen LogP contribution in [0.25, 0.3) is 0 Å².